The van der Waals surface area contributed by atoms with Gasteiger partial charge in [-0.25, -0.2) is 8.42 Å². The van der Waals surface area contributed by atoms with Gasteiger partial charge in [-0.2, -0.15) is 4.31 Å². The van der Waals surface area contributed by atoms with Crippen LogP contribution in [0.1, 0.15) is 32.6 Å². The fourth-order valence-corrected chi connectivity index (χ4v) is 6.35. The van der Waals surface area contributed by atoms with Gasteiger partial charge >= 0.3 is 0 Å². The van der Waals surface area contributed by atoms with Crippen LogP contribution in [0.15, 0.2) is 21.7 Å². The third kappa shape index (κ3) is 3.92. The summed E-state index contributed by atoms with van der Waals surface area (Å²) in [5.74, 6) is 0.650. The zero-order valence-electron chi connectivity index (χ0n) is 14.0. The summed E-state index contributed by atoms with van der Waals surface area (Å²) >= 11 is 6.84. The minimum absolute atomic E-state index is 0.424. The van der Waals surface area contributed by atoms with Crippen molar-refractivity contribution in [2.45, 2.75) is 42.9 Å². The number of hydrogen-bond donors (Lipinski definition) is 1. The van der Waals surface area contributed by atoms with Crippen molar-refractivity contribution in [3.63, 3.8) is 0 Å². The molecule has 0 spiro atoms. The second-order valence-electron chi connectivity index (χ2n) is 6.64. The van der Waals surface area contributed by atoms with Gasteiger partial charge in [-0.05, 0) is 42.4 Å². The van der Waals surface area contributed by atoms with Gasteiger partial charge in [0.1, 0.15) is 4.21 Å². The maximum Gasteiger partial charge on any atom is 0.252 e. The number of hydrogen-bond acceptors (Lipinski definition) is 4. The van der Waals surface area contributed by atoms with Crippen LogP contribution in [0.25, 0.3) is 0 Å². The molecule has 8 heteroatoms. The number of sulfonamides is 1. The summed E-state index contributed by atoms with van der Waals surface area (Å²) in [5.41, 5.74) is 0. The van der Waals surface area contributed by atoms with E-state index in [0.717, 1.165) is 5.11 Å². The van der Waals surface area contributed by atoms with E-state index in [1.165, 1.54) is 37.0 Å². The van der Waals surface area contributed by atoms with E-state index in [2.05, 4.69) is 17.1 Å². The molecule has 0 aromatic carbocycles. The van der Waals surface area contributed by atoms with E-state index in [0.29, 0.717) is 42.3 Å². The average Bonchev–Trinajstić information content (AvgIpc) is 3.12. The van der Waals surface area contributed by atoms with E-state index in [-0.39, 0.29) is 0 Å². The topological polar surface area (TPSA) is 52.6 Å². The van der Waals surface area contributed by atoms with Crippen molar-refractivity contribution in [3.8, 4) is 0 Å². The SMILES string of the molecule is C[C@@H]1CCCC[C@@H]1NC(=S)N1CCN(S(=O)(=O)c2cccs2)CC1. The van der Waals surface area contributed by atoms with Crippen molar-refractivity contribution in [2.24, 2.45) is 5.92 Å². The Labute approximate surface area is 154 Å². The van der Waals surface area contributed by atoms with Crippen molar-refractivity contribution < 1.29 is 8.42 Å². The zero-order valence-corrected chi connectivity index (χ0v) is 16.4. The van der Waals surface area contributed by atoms with Crippen LogP contribution < -0.4 is 5.32 Å². The Morgan fingerprint density at radius 1 is 1.25 bits per heavy atom. The van der Waals surface area contributed by atoms with Gasteiger partial charge < -0.3 is 10.2 Å². The lowest BCUT2D eigenvalue weighted by atomic mass is 9.86. The third-order valence-corrected chi connectivity index (χ3v) is 8.68. The number of thiocarbonyl (C=S) groups is 1. The van der Waals surface area contributed by atoms with Gasteiger partial charge in [0, 0.05) is 32.2 Å². The van der Waals surface area contributed by atoms with Gasteiger partial charge in [-0.15, -0.1) is 11.3 Å². The first-order valence-electron chi connectivity index (χ1n) is 8.57. The molecule has 1 aliphatic heterocycles. The number of thiophene rings is 1. The minimum Gasteiger partial charge on any atom is -0.360 e. The van der Waals surface area contributed by atoms with Gasteiger partial charge in [-0.1, -0.05) is 25.8 Å². The number of nitrogens with zero attached hydrogens (tertiary/aromatic N) is 2. The van der Waals surface area contributed by atoms with Crippen LogP contribution in [0.4, 0.5) is 0 Å². The summed E-state index contributed by atoms with van der Waals surface area (Å²) < 4.78 is 27.1. The highest BCUT2D eigenvalue weighted by molar-refractivity contribution is 7.91. The Kier molecular flexibility index (Phi) is 5.79. The first-order chi connectivity index (χ1) is 11.5. The molecule has 2 aliphatic rings. The molecule has 1 aromatic rings. The number of piperazine rings is 1. The molecule has 1 saturated carbocycles. The van der Waals surface area contributed by atoms with Crippen molar-refractivity contribution in [1.29, 1.82) is 0 Å². The largest absolute Gasteiger partial charge is 0.360 e. The van der Waals surface area contributed by atoms with E-state index >= 15 is 0 Å². The van der Waals surface area contributed by atoms with Gasteiger partial charge in [-0.3, -0.25) is 0 Å². The van der Waals surface area contributed by atoms with Crippen molar-refractivity contribution >= 4 is 38.7 Å². The monoisotopic (exact) mass is 387 g/mol. The van der Waals surface area contributed by atoms with Crippen LogP contribution >= 0.6 is 23.6 Å². The molecule has 0 bridgehead atoms. The quantitative estimate of drug-likeness (QED) is 0.808. The maximum absolute atomic E-state index is 12.6. The molecule has 1 saturated heterocycles. The standard InChI is InChI=1S/C16H25N3O2S3/c1-13-5-2-3-6-14(13)17-16(22)18-8-10-19(11-9-18)24(20,21)15-7-4-12-23-15/h4,7,12-14H,2-3,5-6,8-11H2,1H3,(H,17,22)/t13-,14+/m1/s1. The fraction of sp³-hybridized carbons (Fsp3) is 0.688. The molecule has 2 fully saturated rings. The van der Waals surface area contributed by atoms with Crippen LogP contribution in [-0.4, -0.2) is 55.0 Å². The lowest BCUT2D eigenvalue weighted by Gasteiger charge is -2.38. The van der Waals surface area contributed by atoms with E-state index < -0.39 is 10.0 Å². The molecule has 2 atom stereocenters. The summed E-state index contributed by atoms with van der Waals surface area (Å²) in [6, 6.07) is 3.90. The number of nitrogens with one attached hydrogen (secondary N) is 1. The summed E-state index contributed by atoms with van der Waals surface area (Å²) in [6.45, 7) is 4.56. The molecule has 3 rings (SSSR count). The van der Waals surface area contributed by atoms with Crippen LogP contribution in [0.3, 0.4) is 0 Å². The fourth-order valence-electron chi connectivity index (χ4n) is 3.45. The second-order valence-corrected chi connectivity index (χ2v) is 10.1. The van der Waals surface area contributed by atoms with Gasteiger partial charge in [0.05, 0.1) is 0 Å². The Hall–Kier alpha value is -0.700. The lowest BCUT2D eigenvalue weighted by molar-refractivity contribution is 0.251. The molecular weight excluding hydrogens is 362 g/mol. The van der Waals surface area contributed by atoms with Crippen LogP contribution in [0.2, 0.25) is 0 Å². The summed E-state index contributed by atoms with van der Waals surface area (Å²) in [5, 5.41) is 6.09. The molecule has 1 N–H and O–H groups in total. The van der Waals surface area contributed by atoms with Crippen LogP contribution in [0, 0.1) is 5.92 Å². The smallest absolute Gasteiger partial charge is 0.252 e. The zero-order chi connectivity index (χ0) is 17.2. The molecule has 134 valence electrons. The molecule has 1 aromatic heterocycles. The molecule has 0 radical (unpaired) electrons. The van der Waals surface area contributed by atoms with E-state index in [4.69, 9.17) is 12.2 Å². The summed E-state index contributed by atoms with van der Waals surface area (Å²) in [6.07, 6.45) is 5.00. The van der Waals surface area contributed by atoms with E-state index in [1.54, 1.807) is 21.8 Å². The predicted octanol–water partition coefficient (Wildman–Crippen LogP) is 2.51. The highest BCUT2D eigenvalue weighted by Gasteiger charge is 2.31. The Bertz CT molecular complexity index is 652. The highest BCUT2D eigenvalue weighted by Crippen LogP contribution is 2.25. The predicted molar refractivity (Wildman–Crippen MR) is 102 cm³/mol. The normalized spacial score (nSPS) is 26.3. The lowest BCUT2D eigenvalue weighted by Crippen LogP contribution is -2.55. The molecular formula is C16H25N3O2S3. The van der Waals surface area contributed by atoms with Gasteiger partial charge in [0.2, 0.25) is 0 Å². The van der Waals surface area contributed by atoms with Gasteiger partial charge in [0.15, 0.2) is 5.11 Å². The first-order valence-corrected chi connectivity index (χ1v) is 11.3. The number of rotatable bonds is 3. The average molecular weight is 388 g/mol. The van der Waals surface area contributed by atoms with Crippen molar-refractivity contribution in [3.05, 3.63) is 17.5 Å². The second kappa shape index (κ2) is 7.68. The Morgan fingerprint density at radius 2 is 1.96 bits per heavy atom. The maximum atomic E-state index is 12.6. The van der Waals surface area contributed by atoms with Crippen molar-refractivity contribution in [2.75, 3.05) is 26.2 Å². The van der Waals surface area contributed by atoms with E-state index in [9.17, 15) is 8.42 Å². The summed E-state index contributed by atoms with van der Waals surface area (Å²) in [4.78, 5) is 2.11. The van der Waals surface area contributed by atoms with Gasteiger partial charge in [0.25, 0.3) is 10.0 Å². The molecule has 24 heavy (non-hydrogen) atoms. The molecule has 1 aliphatic carbocycles. The minimum atomic E-state index is -3.34. The van der Waals surface area contributed by atoms with Crippen LogP contribution in [0.5, 0.6) is 0 Å². The Morgan fingerprint density at radius 3 is 2.58 bits per heavy atom. The molecule has 2 heterocycles. The molecule has 0 unspecified atom stereocenters. The highest BCUT2D eigenvalue weighted by atomic mass is 32.2. The summed E-state index contributed by atoms with van der Waals surface area (Å²) in [7, 11) is -3.34. The van der Waals surface area contributed by atoms with Crippen LogP contribution in [-0.2, 0) is 10.0 Å². The third-order valence-electron chi connectivity index (χ3n) is 5.04. The molecule has 0 amide bonds. The van der Waals surface area contributed by atoms with E-state index in [1.807, 2.05) is 0 Å². The Balaban J connectivity index is 1.54. The molecule has 5 nitrogen and oxygen atoms in total. The first kappa shape index (κ1) is 18.1. The van der Waals surface area contributed by atoms with Crippen molar-refractivity contribution in [1.82, 2.24) is 14.5 Å².